The van der Waals surface area contributed by atoms with Crippen LogP contribution in [0.3, 0.4) is 0 Å². The molecular formula is C16H17F4NO2. The maximum absolute atomic E-state index is 12.9. The topological polar surface area (TPSA) is 49.3 Å². The van der Waals surface area contributed by atoms with Gasteiger partial charge in [0.25, 0.3) is 0 Å². The van der Waals surface area contributed by atoms with E-state index in [4.69, 9.17) is 0 Å². The fraction of sp³-hybridized carbons (Fsp3) is 0.438. The van der Waals surface area contributed by atoms with Crippen LogP contribution in [0, 0.1) is 11.2 Å². The fourth-order valence-electron chi connectivity index (χ4n) is 2.63. The Morgan fingerprint density at radius 1 is 1.17 bits per heavy atom. The number of aliphatic hydroxyl groups is 1. The van der Waals surface area contributed by atoms with Crippen LogP contribution in [-0.4, -0.2) is 23.2 Å². The van der Waals surface area contributed by atoms with E-state index >= 15 is 0 Å². The number of nitrogens with one attached hydrogen (secondary N) is 1. The third kappa shape index (κ3) is 4.10. The van der Waals surface area contributed by atoms with E-state index in [1.165, 1.54) is 12.1 Å². The minimum atomic E-state index is -4.93. The van der Waals surface area contributed by atoms with Crippen molar-refractivity contribution in [3.8, 4) is 0 Å². The van der Waals surface area contributed by atoms with Gasteiger partial charge in [-0.05, 0) is 36.1 Å². The molecule has 0 fully saturated rings. The molecule has 0 saturated heterocycles. The van der Waals surface area contributed by atoms with Crippen LogP contribution in [0.25, 0.3) is 0 Å². The van der Waals surface area contributed by atoms with Crippen molar-refractivity contribution in [3.05, 3.63) is 41.4 Å². The van der Waals surface area contributed by atoms with E-state index in [1.807, 2.05) is 0 Å². The molecule has 0 aromatic heterocycles. The summed E-state index contributed by atoms with van der Waals surface area (Å²) in [7, 11) is 0. The summed E-state index contributed by atoms with van der Waals surface area (Å²) in [4.78, 5) is 12.1. The Bertz CT molecular complexity index is 632. The van der Waals surface area contributed by atoms with E-state index in [1.54, 1.807) is 13.8 Å². The number of carbonyl (C=O) groups excluding carboxylic acids is 1. The van der Waals surface area contributed by atoms with Gasteiger partial charge in [-0.3, -0.25) is 4.79 Å². The molecule has 0 radical (unpaired) electrons. The van der Waals surface area contributed by atoms with Crippen LogP contribution >= 0.6 is 0 Å². The average Bonchev–Trinajstić information content (AvgIpc) is 2.38. The lowest BCUT2D eigenvalue weighted by Gasteiger charge is -2.34. The maximum Gasteiger partial charge on any atom is 0.418 e. The number of benzene rings is 1. The molecule has 23 heavy (non-hydrogen) atoms. The normalized spacial score (nSPS) is 19.7. The largest absolute Gasteiger partial charge is 0.418 e. The first-order valence-corrected chi connectivity index (χ1v) is 7.03. The standard InChI is InChI=1S/C16H17F4NO2/c1-15(2)7-11(21-10-5-3-9(17)4-6-10)13(12(22)8-15)14(23)16(18,19)20/h3-6,14,21,23H,7-8H2,1-2H3. The highest BCUT2D eigenvalue weighted by atomic mass is 19.4. The van der Waals surface area contributed by atoms with Crippen molar-refractivity contribution >= 4 is 11.5 Å². The molecule has 3 nitrogen and oxygen atoms in total. The fourth-order valence-corrected chi connectivity index (χ4v) is 2.63. The molecule has 2 N–H and O–H groups in total. The molecule has 0 spiro atoms. The van der Waals surface area contributed by atoms with E-state index in [9.17, 15) is 27.5 Å². The lowest BCUT2D eigenvalue weighted by Crippen LogP contribution is -2.39. The van der Waals surface area contributed by atoms with Gasteiger partial charge in [-0.1, -0.05) is 13.8 Å². The van der Waals surface area contributed by atoms with Gasteiger partial charge in [0.2, 0.25) is 0 Å². The van der Waals surface area contributed by atoms with Gasteiger partial charge in [0, 0.05) is 17.8 Å². The Labute approximate surface area is 131 Å². The summed E-state index contributed by atoms with van der Waals surface area (Å²) < 4.78 is 51.5. The molecular weight excluding hydrogens is 314 g/mol. The number of anilines is 1. The number of allylic oxidation sites excluding steroid dienone is 1. The van der Waals surface area contributed by atoms with Crippen LogP contribution < -0.4 is 5.32 Å². The first-order valence-electron chi connectivity index (χ1n) is 7.03. The number of halogens is 4. The number of carbonyl (C=O) groups is 1. The van der Waals surface area contributed by atoms with Gasteiger partial charge in [-0.25, -0.2) is 4.39 Å². The summed E-state index contributed by atoms with van der Waals surface area (Å²) in [6, 6.07) is 5.01. The van der Waals surface area contributed by atoms with Crippen LogP contribution in [0.15, 0.2) is 35.5 Å². The molecule has 1 atom stereocenters. The number of rotatable bonds is 3. The van der Waals surface area contributed by atoms with Gasteiger partial charge in [0.05, 0.1) is 5.57 Å². The average molecular weight is 331 g/mol. The second-order valence-corrected chi connectivity index (χ2v) is 6.41. The quantitative estimate of drug-likeness (QED) is 0.828. The minimum absolute atomic E-state index is 0.0164. The van der Waals surface area contributed by atoms with Crippen LogP contribution in [0.4, 0.5) is 23.2 Å². The van der Waals surface area contributed by atoms with E-state index in [0.717, 1.165) is 12.1 Å². The van der Waals surface area contributed by atoms with Gasteiger partial charge in [0.15, 0.2) is 11.9 Å². The Balaban J connectivity index is 2.44. The predicted molar refractivity (Wildman–Crippen MR) is 77.1 cm³/mol. The van der Waals surface area contributed by atoms with Crippen molar-refractivity contribution in [1.29, 1.82) is 0 Å². The molecule has 1 aromatic carbocycles. The van der Waals surface area contributed by atoms with Gasteiger partial charge in [-0.2, -0.15) is 13.2 Å². The molecule has 0 heterocycles. The second kappa shape index (κ2) is 5.96. The molecule has 7 heteroatoms. The molecule has 1 aliphatic carbocycles. The summed E-state index contributed by atoms with van der Waals surface area (Å²) >= 11 is 0. The van der Waals surface area contributed by atoms with Gasteiger partial charge >= 0.3 is 6.18 Å². The third-order valence-corrected chi connectivity index (χ3v) is 3.64. The Morgan fingerprint density at radius 2 is 1.74 bits per heavy atom. The third-order valence-electron chi connectivity index (χ3n) is 3.64. The number of hydrogen-bond acceptors (Lipinski definition) is 3. The zero-order chi connectivity index (χ0) is 17.4. The summed E-state index contributed by atoms with van der Waals surface area (Å²) in [5.41, 5.74) is -0.837. The van der Waals surface area contributed by atoms with Crippen molar-refractivity contribution in [1.82, 2.24) is 0 Å². The Kier molecular flexibility index (Phi) is 4.52. The molecule has 2 rings (SSSR count). The van der Waals surface area contributed by atoms with Crippen molar-refractivity contribution in [2.45, 2.75) is 39.0 Å². The smallest absolute Gasteiger partial charge is 0.379 e. The molecule has 0 bridgehead atoms. The summed E-state index contributed by atoms with van der Waals surface area (Å²) in [6.45, 7) is 3.52. The van der Waals surface area contributed by atoms with Crippen molar-refractivity contribution in [2.75, 3.05) is 5.32 Å². The summed E-state index contributed by atoms with van der Waals surface area (Å²) in [5.74, 6) is -1.23. The zero-order valence-electron chi connectivity index (χ0n) is 12.7. The zero-order valence-corrected chi connectivity index (χ0v) is 12.7. The highest BCUT2D eigenvalue weighted by Crippen LogP contribution is 2.40. The van der Waals surface area contributed by atoms with E-state index < -0.39 is 34.9 Å². The summed E-state index contributed by atoms with van der Waals surface area (Å²) in [5, 5.41) is 12.3. The van der Waals surface area contributed by atoms with Gasteiger partial charge in [0.1, 0.15) is 5.82 Å². The van der Waals surface area contributed by atoms with Crippen molar-refractivity contribution < 1.29 is 27.5 Å². The Hall–Kier alpha value is -1.89. The van der Waals surface area contributed by atoms with E-state index in [0.29, 0.717) is 5.69 Å². The first kappa shape index (κ1) is 17.5. The van der Waals surface area contributed by atoms with Gasteiger partial charge in [-0.15, -0.1) is 0 Å². The molecule has 0 saturated carbocycles. The monoisotopic (exact) mass is 331 g/mol. The lowest BCUT2D eigenvalue weighted by atomic mass is 9.74. The number of alkyl halides is 3. The molecule has 1 aromatic rings. The van der Waals surface area contributed by atoms with E-state index in [2.05, 4.69) is 5.32 Å². The minimum Gasteiger partial charge on any atom is -0.379 e. The van der Waals surface area contributed by atoms with Crippen molar-refractivity contribution in [2.24, 2.45) is 5.41 Å². The SMILES string of the molecule is CC1(C)CC(=O)C(C(O)C(F)(F)F)=C(Nc2ccc(F)cc2)C1. The van der Waals surface area contributed by atoms with Crippen molar-refractivity contribution in [3.63, 3.8) is 0 Å². The van der Waals surface area contributed by atoms with E-state index in [-0.39, 0.29) is 18.5 Å². The predicted octanol–water partition coefficient (Wildman–Crippen LogP) is 3.80. The maximum atomic E-state index is 12.9. The van der Waals surface area contributed by atoms with Crippen LogP contribution in [-0.2, 0) is 4.79 Å². The van der Waals surface area contributed by atoms with Crippen LogP contribution in [0.5, 0.6) is 0 Å². The van der Waals surface area contributed by atoms with Crippen LogP contribution in [0.1, 0.15) is 26.7 Å². The van der Waals surface area contributed by atoms with Crippen LogP contribution in [0.2, 0.25) is 0 Å². The number of ketones is 1. The number of aliphatic hydroxyl groups excluding tert-OH is 1. The molecule has 1 aliphatic rings. The second-order valence-electron chi connectivity index (χ2n) is 6.41. The molecule has 0 amide bonds. The number of Topliss-reactive ketones (excluding diaryl/α,β-unsaturated/α-hetero) is 1. The summed E-state index contributed by atoms with van der Waals surface area (Å²) in [6.07, 6.45) is -7.68. The Morgan fingerprint density at radius 3 is 2.26 bits per heavy atom. The lowest BCUT2D eigenvalue weighted by molar-refractivity contribution is -0.193. The van der Waals surface area contributed by atoms with Gasteiger partial charge < -0.3 is 10.4 Å². The first-order chi connectivity index (χ1) is 10.5. The molecule has 126 valence electrons. The molecule has 0 aliphatic heterocycles. The number of hydrogen-bond donors (Lipinski definition) is 2. The highest BCUT2D eigenvalue weighted by molar-refractivity contribution is 5.99. The molecule has 1 unspecified atom stereocenters. The highest BCUT2D eigenvalue weighted by Gasteiger charge is 2.47.